The Balaban J connectivity index is 6.71. The monoisotopic (exact) mass is 890 g/mol. The van der Waals surface area contributed by atoms with Gasteiger partial charge in [-0.1, -0.05) is 128 Å². The quantitative estimate of drug-likeness (QED) is 0.148. The van der Waals surface area contributed by atoms with E-state index in [1.165, 1.54) is 0 Å². The third-order valence-corrected chi connectivity index (χ3v) is 147. The van der Waals surface area contributed by atoms with Crippen molar-refractivity contribution in [3.05, 3.63) is 0 Å². The van der Waals surface area contributed by atoms with Gasteiger partial charge < -0.3 is 0 Å². The first kappa shape index (κ1) is 24.3. The van der Waals surface area contributed by atoms with Crippen molar-refractivity contribution >= 4 is 119 Å². The maximum atomic E-state index is 3.05. The maximum Gasteiger partial charge on any atom is 0.252 e. The zero-order valence-corrected chi connectivity index (χ0v) is 27.7. The molecule has 0 aromatic rings. The lowest BCUT2D eigenvalue weighted by Gasteiger charge is -2.61. The average Bonchev–Trinajstić information content (AvgIpc) is 2.07. The first-order chi connectivity index (χ1) is 8.25. The van der Waals surface area contributed by atoms with Crippen molar-refractivity contribution in [2.75, 3.05) is 0 Å². The Morgan fingerprint density at radius 1 is 0.500 bits per heavy atom. The van der Waals surface area contributed by atoms with E-state index >= 15 is 0 Å². The minimum Gasteiger partial charge on any atom is -0.121 e. The van der Waals surface area contributed by atoms with E-state index in [9.17, 15) is 0 Å². The Morgan fingerprint density at radius 2 is 0.750 bits per heavy atom. The summed E-state index contributed by atoms with van der Waals surface area (Å²) in [5.74, 6) is 0. The highest BCUT2D eigenvalue weighted by molar-refractivity contribution is 14.4. The van der Waals surface area contributed by atoms with E-state index < -0.39 is 9.77 Å². The van der Waals surface area contributed by atoms with Gasteiger partial charge in [0.15, 0.2) is 4.61 Å². The number of hydrogen-bond acceptors (Lipinski definition) is 0. The van der Waals surface area contributed by atoms with Crippen molar-refractivity contribution in [3.63, 3.8) is 0 Å². The van der Waals surface area contributed by atoms with Crippen LogP contribution in [-0.4, -0.2) is 9.77 Å². The van der Waals surface area contributed by atoms with Gasteiger partial charge in [0.25, 0.3) is 0.0813 Å². The molecule has 0 spiro atoms. The molecule has 0 aromatic heterocycles. The summed E-state index contributed by atoms with van der Waals surface area (Å²) >= 11 is 14.7. The first-order valence-electron chi connectivity index (χ1n) is 6.69. The second-order valence-electron chi connectivity index (χ2n) is 8.56. The van der Waals surface area contributed by atoms with Crippen LogP contribution in [0.1, 0.15) is 62.3 Å². The molecule has 8 heteroatoms. The minimum atomic E-state index is -1.54. The lowest BCUT2D eigenvalue weighted by molar-refractivity contribution is 0.647. The molecule has 0 radical (unpaired) electrons. The van der Waals surface area contributed by atoms with Gasteiger partial charge in [0.1, 0.15) is 5.09 Å². The highest BCUT2D eigenvalue weighted by atomic mass is 127. The van der Waals surface area contributed by atoms with E-state index in [1.807, 2.05) is 0 Å². The van der Waals surface area contributed by atoms with E-state index in [1.54, 1.807) is 0 Å². The normalized spacial score (nSPS) is 18.9. The van der Waals surface area contributed by atoms with Gasteiger partial charge in [0.2, 0.25) is 0 Å². The molecule has 0 nitrogen and oxygen atoms in total. The SMILES string of the molecule is CC(C)(C)[Si](I)(C(C)(C)C)[Si](I)(C(C)(C)C)[Si](I)(I)I. The summed E-state index contributed by atoms with van der Waals surface area (Å²) in [6.07, 6.45) is 0. The first-order valence-corrected chi connectivity index (χ1v) is 30.3. The summed E-state index contributed by atoms with van der Waals surface area (Å²) in [7, 11) is 0. The molecule has 0 saturated heterocycles. The molecule has 0 aromatic carbocycles. The summed E-state index contributed by atoms with van der Waals surface area (Å²) < 4.78 is -2.79. The van der Waals surface area contributed by atoms with Crippen LogP contribution in [0.25, 0.3) is 0 Å². The van der Waals surface area contributed by atoms with E-state index in [2.05, 4.69) is 171 Å². The molecule has 1 atom stereocenters. The molecular weight excluding hydrogens is 863 g/mol. The van der Waals surface area contributed by atoms with Crippen LogP contribution in [0, 0.1) is 0 Å². The molecule has 0 amide bonds. The maximum absolute atomic E-state index is 3.05. The summed E-state index contributed by atoms with van der Waals surface area (Å²) in [4.78, 5) is 0. The zero-order chi connectivity index (χ0) is 17.0. The molecule has 0 rings (SSSR count). The third-order valence-electron chi connectivity index (χ3n) is 3.97. The lowest BCUT2D eigenvalue weighted by atomic mass is 10.2. The molecule has 0 heterocycles. The summed E-state index contributed by atoms with van der Waals surface area (Å²) in [6, 6.07) is 0. The van der Waals surface area contributed by atoms with Crippen LogP contribution in [-0.2, 0) is 0 Å². The van der Waals surface area contributed by atoms with E-state index in [0.717, 1.165) is 0 Å². The summed E-state index contributed by atoms with van der Waals surface area (Å²) in [6.45, 7) is 22.7. The fraction of sp³-hybridized carbons (Fsp3) is 1.00. The molecule has 0 saturated carbocycles. The van der Waals surface area contributed by atoms with Crippen molar-refractivity contribution in [2.24, 2.45) is 0 Å². The molecule has 20 heavy (non-hydrogen) atoms. The van der Waals surface area contributed by atoms with E-state index in [-0.39, 0.29) is 0 Å². The van der Waals surface area contributed by atoms with Gasteiger partial charge in [-0.15, -0.1) is 43.6 Å². The van der Waals surface area contributed by atoms with Crippen LogP contribution in [0.5, 0.6) is 0 Å². The lowest BCUT2D eigenvalue weighted by Crippen LogP contribution is -2.75. The standard InChI is InChI=1S/C12H27I5Si3/c1-10(2,3)18(13,11(4,5)6)19(14,12(7,8)9)20(15,16)17/h1-9H3. The van der Waals surface area contributed by atoms with Gasteiger partial charge in [-0.2, -0.15) is 0 Å². The van der Waals surface area contributed by atoms with E-state index in [4.69, 9.17) is 0 Å². The third kappa shape index (κ3) is 4.16. The second-order valence-corrected chi connectivity index (χ2v) is 88.4. The molecular formula is C12H27I5Si3. The van der Waals surface area contributed by atoms with Crippen LogP contribution < -0.4 is 0 Å². The second kappa shape index (κ2) is 7.13. The summed E-state index contributed by atoms with van der Waals surface area (Å²) in [5, 5.41) is -0.213. The van der Waals surface area contributed by atoms with Crippen LogP contribution in [0.4, 0.5) is 0 Å². The molecule has 0 aliphatic heterocycles. The molecule has 0 N–H and O–H groups in total. The van der Waals surface area contributed by atoms with Crippen LogP contribution in [0.15, 0.2) is 0 Å². The van der Waals surface area contributed by atoms with Crippen LogP contribution in [0.2, 0.25) is 15.1 Å². The van der Waals surface area contributed by atoms with Crippen molar-refractivity contribution in [2.45, 2.75) is 77.4 Å². The van der Waals surface area contributed by atoms with Crippen molar-refractivity contribution < 1.29 is 0 Å². The number of hydrogen-bond donors (Lipinski definition) is 0. The fourth-order valence-corrected chi connectivity index (χ4v) is 162. The summed E-state index contributed by atoms with van der Waals surface area (Å²) in [5.41, 5.74) is 0. The van der Waals surface area contributed by atoms with Crippen molar-refractivity contribution in [3.8, 4) is 0 Å². The van der Waals surface area contributed by atoms with Gasteiger partial charge in [-0.3, -0.25) is 0 Å². The van der Waals surface area contributed by atoms with E-state index in [0.29, 0.717) is 15.1 Å². The van der Waals surface area contributed by atoms with Crippen molar-refractivity contribution in [1.82, 2.24) is 0 Å². The largest absolute Gasteiger partial charge is 0.252 e. The number of rotatable bonds is 2. The minimum absolute atomic E-state index is 0.437. The fourth-order valence-electron chi connectivity index (χ4n) is 3.30. The smallest absolute Gasteiger partial charge is 0.121 e. The van der Waals surface area contributed by atoms with Crippen molar-refractivity contribution in [1.29, 1.82) is 0 Å². The molecule has 0 aliphatic carbocycles. The zero-order valence-electron chi connectivity index (χ0n) is 13.9. The average molecular weight is 890 g/mol. The highest BCUT2D eigenvalue weighted by Crippen LogP contribution is 2.70. The Bertz CT molecular complexity index is 293. The van der Waals surface area contributed by atoms with Gasteiger partial charge in [-0.25, -0.2) is 0 Å². The Morgan fingerprint density at radius 3 is 0.800 bits per heavy atom. The van der Waals surface area contributed by atoms with Gasteiger partial charge in [0, 0.05) is 0 Å². The highest BCUT2D eigenvalue weighted by Gasteiger charge is 2.75. The van der Waals surface area contributed by atoms with Gasteiger partial charge in [-0.05, 0) is 15.1 Å². The Kier molecular flexibility index (Phi) is 8.67. The molecule has 122 valence electrons. The predicted octanol–water partition coefficient (Wildman–Crippen LogP) is 8.55. The predicted molar refractivity (Wildman–Crippen MR) is 147 cm³/mol. The Hall–Kier alpha value is 4.30. The van der Waals surface area contributed by atoms with Crippen LogP contribution >= 0.6 is 109 Å². The topological polar surface area (TPSA) is 0 Å². The molecule has 0 aliphatic rings. The molecule has 0 fully saturated rings. The Labute approximate surface area is 192 Å². The van der Waals surface area contributed by atoms with Crippen LogP contribution in [0.3, 0.4) is 0 Å². The molecule has 0 bridgehead atoms. The van der Waals surface area contributed by atoms with Gasteiger partial charge >= 0.3 is 0 Å². The molecule has 1 unspecified atom stereocenters. The number of halogens is 5. The van der Waals surface area contributed by atoms with Gasteiger partial charge in [0.05, 0.1) is 0 Å².